The average molecular weight is 377 g/mol. The summed E-state index contributed by atoms with van der Waals surface area (Å²) in [4.78, 5) is 6.83. The highest BCUT2D eigenvalue weighted by Crippen LogP contribution is 2.11. The lowest BCUT2D eigenvalue weighted by Crippen LogP contribution is -2.49. The molecule has 0 unspecified atom stereocenters. The minimum Gasteiger partial charge on any atom is -0.508 e. The van der Waals surface area contributed by atoms with E-state index >= 15 is 0 Å². The number of nitrogens with one attached hydrogen (secondary N) is 2. The van der Waals surface area contributed by atoms with E-state index in [-0.39, 0.29) is 0 Å². The Morgan fingerprint density at radius 2 is 1.96 bits per heavy atom. The summed E-state index contributed by atoms with van der Waals surface area (Å²) in [5, 5.41) is 16.3. The number of phenolic OH excluding ortho intramolecular Hbond substituents is 1. The van der Waals surface area contributed by atoms with Gasteiger partial charge in [0.15, 0.2) is 5.96 Å². The fraction of sp³-hybridized carbons (Fsp3) is 0.667. The van der Waals surface area contributed by atoms with E-state index in [4.69, 9.17) is 4.74 Å². The molecule has 1 aliphatic heterocycles. The molecule has 152 valence electrons. The molecular formula is C21H36N4O2. The molecule has 0 saturated carbocycles. The van der Waals surface area contributed by atoms with Crippen LogP contribution >= 0.6 is 0 Å². The van der Waals surface area contributed by atoms with Gasteiger partial charge in [0.2, 0.25) is 0 Å². The van der Waals surface area contributed by atoms with Gasteiger partial charge in [-0.05, 0) is 57.2 Å². The molecule has 2 rings (SSSR count). The van der Waals surface area contributed by atoms with Gasteiger partial charge in [0.1, 0.15) is 5.75 Å². The van der Waals surface area contributed by atoms with Gasteiger partial charge in [-0.15, -0.1) is 0 Å². The van der Waals surface area contributed by atoms with Gasteiger partial charge >= 0.3 is 0 Å². The summed E-state index contributed by atoms with van der Waals surface area (Å²) >= 11 is 0. The first-order chi connectivity index (χ1) is 13.1. The van der Waals surface area contributed by atoms with Crippen LogP contribution in [0.4, 0.5) is 0 Å². The normalized spacial score (nSPS) is 16.7. The smallest absolute Gasteiger partial charge is 0.191 e. The Hall–Kier alpha value is -1.79. The van der Waals surface area contributed by atoms with E-state index in [1.165, 1.54) is 5.56 Å². The number of nitrogens with zero attached hydrogens (tertiary/aromatic N) is 2. The van der Waals surface area contributed by atoms with Crippen LogP contribution in [0.3, 0.4) is 0 Å². The van der Waals surface area contributed by atoms with E-state index < -0.39 is 0 Å². The first-order valence-corrected chi connectivity index (χ1v) is 10.2. The minimum atomic E-state index is 0.313. The van der Waals surface area contributed by atoms with Gasteiger partial charge in [-0.2, -0.15) is 0 Å². The van der Waals surface area contributed by atoms with E-state index in [0.29, 0.717) is 17.9 Å². The molecule has 0 amide bonds. The van der Waals surface area contributed by atoms with Gasteiger partial charge in [-0.1, -0.05) is 12.1 Å². The van der Waals surface area contributed by atoms with Crippen LogP contribution in [0.2, 0.25) is 0 Å². The number of likely N-dealkylation sites (tertiary alicyclic amines) is 1. The van der Waals surface area contributed by atoms with Gasteiger partial charge in [0, 0.05) is 39.3 Å². The molecule has 27 heavy (non-hydrogen) atoms. The summed E-state index contributed by atoms with van der Waals surface area (Å²) in [6, 6.07) is 7.91. The SMILES string of the molecule is CN=C(NCCCc1ccc(O)cc1)NC1CCN(CCOC(C)C)CC1. The standard InChI is InChI=1S/C21H36N4O2/c1-17(2)27-16-15-25-13-10-19(11-14-25)24-21(22-3)23-12-4-5-18-6-8-20(26)9-7-18/h6-9,17,19,26H,4-5,10-16H2,1-3H3,(H2,22,23,24). The molecule has 1 fully saturated rings. The Bertz CT molecular complexity index is 552. The maximum atomic E-state index is 9.32. The molecule has 0 aliphatic carbocycles. The van der Waals surface area contributed by atoms with Crippen molar-refractivity contribution in [3.63, 3.8) is 0 Å². The molecule has 1 saturated heterocycles. The highest BCUT2D eigenvalue weighted by Gasteiger charge is 2.19. The molecule has 1 heterocycles. The van der Waals surface area contributed by atoms with Gasteiger partial charge in [0.25, 0.3) is 0 Å². The van der Waals surface area contributed by atoms with Crippen LogP contribution in [-0.4, -0.2) is 67.9 Å². The maximum absolute atomic E-state index is 9.32. The second kappa shape index (κ2) is 11.8. The Morgan fingerprint density at radius 3 is 2.59 bits per heavy atom. The number of aryl methyl sites for hydroxylation is 1. The van der Waals surface area contributed by atoms with E-state index in [1.807, 2.05) is 19.2 Å². The molecule has 6 heteroatoms. The van der Waals surface area contributed by atoms with Crippen molar-refractivity contribution in [1.82, 2.24) is 15.5 Å². The number of rotatable bonds is 9. The third-order valence-corrected chi connectivity index (χ3v) is 4.88. The van der Waals surface area contributed by atoms with Gasteiger partial charge < -0.3 is 25.4 Å². The first kappa shape index (κ1) is 21.5. The van der Waals surface area contributed by atoms with Crippen LogP contribution in [0.25, 0.3) is 0 Å². The van der Waals surface area contributed by atoms with Crippen LogP contribution in [0.5, 0.6) is 5.75 Å². The number of aromatic hydroxyl groups is 1. The zero-order valence-corrected chi connectivity index (χ0v) is 17.1. The molecule has 0 atom stereocenters. The van der Waals surface area contributed by atoms with Crippen molar-refractivity contribution in [2.24, 2.45) is 4.99 Å². The monoisotopic (exact) mass is 376 g/mol. The Morgan fingerprint density at radius 1 is 1.26 bits per heavy atom. The van der Waals surface area contributed by atoms with Crippen LogP contribution < -0.4 is 10.6 Å². The second-order valence-electron chi connectivity index (χ2n) is 7.45. The fourth-order valence-corrected chi connectivity index (χ4v) is 3.27. The summed E-state index contributed by atoms with van der Waals surface area (Å²) in [5.41, 5.74) is 1.24. The number of hydrogen-bond donors (Lipinski definition) is 3. The quantitative estimate of drug-likeness (QED) is 0.351. The molecule has 1 aromatic carbocycles. The predicted molar refractivity (Wildman–Crippen MR) is 111 cm³/mol. The number of piperidine rings is 1. The molecular weight excluding hydrogens is 340 g/mol. The Labute approximate surface area is 164 Å². The average Bonchev–Trinajstić information content (AvgIpc) is 2.66. The minimum absolute atomic E-state index is 0.313. The Balaban J connectivity index is 1.59. The lowest BCUT2D eigenvalue weighted by atomic mass is 10.1. The molecule has 0 radical (unpaired) electrons. The van der Waals surface area contributed by atoms with Crippen LogP contribution in [-0.2, 0) is 11.2 Å². The maximum Gasteiger partial charge on any atom is 0.191 e. The summed E-state index contributed by atoms with van der Waals surface area (Å²) in [7, 11) is 1.83. The van der Waals surface area contributed by atoms with E-state index in [1.54, 1.807) is 12.1 Å². The number of hydrogen-bond acceptors (Lipinski definition) is 4. The number of aliphatic imine (C=N–C) groups is 1. The molecule has 0 bridgehead atoms. The molecule has 1 aromatic rings. The van der Waals surface area contributed by atoms with Gasteiger partial charge in [-0.25, -0.2) is 0 Å². The third-order valence-electron chi connectivity index (χ3n) is 4.88. The van der Waals surface area contributed by atoms with Crippen LogP contribution in [0, 0.1) is 0 Å². The van der Waals surface area contributed by atoms with E-state index in [2.05, 4.69) is 34.4 Å². The number of guanidine groups is 1. The highest BCUT2D eigenvalue weighted by atomic mass is 16.5. The first-order valence-electron chi connectivity index (χ1n) is 10.2. The van der Waals surface area contributed by atoms with Crippen molar-refractivity contribution >= 4 is 5.96 Å². The van der Waals surface area contributed by atoms with Crippen LogP contribution in [0.15, 0.2) is 29.3 Å². The summed E-state index contributed by atoms with van der Waals surface area (Å²) in [6.07, 6.45) is 4.60. The molecule has 0 aromatic heterocycles. The zero-order chi connectivity index (χ0) is 19.5. The third kappa shape index (κ3) is 8.63. The van der Waals surface area contributed by atoms with Crippen molar-refractivity contribution in [2.75, 3.05) is 39.8 Å². The van der Waals surface area contributed by atoms with Gasteiger partial charge in [-0.3, -0.25) is 4.99 Å². The fourth-order valence-electron chi connectivity index (χ4n) is 3.27. The molecule has 0 spiro atoms. The number of phenols is 1. The molecule has 1 aliphatic rings. The second-order valence-corrected chi connectivity index (χ2v) is 7.45. The Kier molecular flexibility index (Phi) is 9.42. The van der Waals surface area contributed by atoms with E-state index in [0.717, 1.165) is 64.4 Å². The summed E-state index contributed by atoms with van der Waals surface area (Å²) in [6.45, 7) is 9.11. The lowest BCUT2D eigenvalue weighted by Gasteiger charge is -2.33. The van der Waals surface area contributed by atoms with Crippen molar-refractivity contribution in [3.05, 3.63) is 29.8 Å². The summed E-state index contributed by atoms with van der Waals surface area (Å²) in [5.74, 6) is 1.21. The number of ether oxygens (including phenoxy) is 1. The highest BCUT2D eigenvalue weighted by molar-refractivity contribution is 5.79. The topological polar surface area (TPSA) is 69.1 Å². The van der Waals surface area contributed by atoms with Crippen molar-refractivity contribution in [1.29, 1.82) is 0 Å². The number of benzene rings is 1. The largest absolute Gasteiger partial charge is 0.508 e. The van der Waals surface area contributed by atoms with Crippen LogP contribution in [0.1, 0.15) is 38.7 Å². The molecule has 6 nitrogen and oxygen atoms in total. The van der Waals surface area contributed by atoms with Crippen molar-refractivity contribution in [2.45, 2.75) is 51.7 Å². The van der Waals surface area contributed by atoms with Crippen molar-refractivity contribution < 1.29 is 9.84 Å². The zero-order valence-electron chi connectivity index (χ0n) is 17.1. The van der Waals surface area contributed by atoms with E-state index in [9.17, 15) is 5.11 Å². The van der Waals surface area contributed by atoms with Gasteiger partial charge in [0.05, 0.1) is 12.7 Å². The lowest BCUT2D eigenvalue weighted by molar-refractivity contribution is 0.0532. The molecule has 3 N–H and O–H groups in total. The predicted octanol–water partition coefficient (Wildman–Crippen LogP) is 2.38. The summed E-state index contributed by atoms with van der Waals surface area (Å²) < 4.78 is 5.65. The van der Waals surface area contributed by atoms with Crippen molar-refractivity contribution in [3.8, 4) is 5.75 Å².